The standard InChI is InChI=1S/C25H23F5N4O2/c1-14-7-8-20(15(2)36-23-19(27)11-16(12-33-23)25(28,29)30)34(13-14)24(35)21-17(5-3-6-18(21)26)22-31-9-4-10-32-22/h3-6,9-12,14-15,20H,7-8,13H2,1-2H3. The lowest BCUT2D eigenvalue weighted by molar-refractivity contribution is -0.138. The molecule has 1 saturated heterocycles. The van der Waals surface area contributed by atoms with Gasteiger partial charge in [-0.1, -0.05) is 19.1 Å². The van der Waals surface area contributed by atoms with Crippen LogP contribution in [0.3, 0.4) is 0 Å². The summed E-state index contributed by atoms with van der Waals surface area (Å²) in [5, 5.41) is 0. The van der Waals surface area contributed by atoms with Crippen molar-refractivity contribution < 1.29 is 31.5 Å². The fraction of sp³-hybridized carbons (Fsp3) is 0.360. The number of hydrogen-bond acceptors (Lipinski definition) is 5. The Labute approximate surface area is 204 Å². The molecule has 4 rings (SSSR count). The first kappa shape index (κ1) is 25.5. The van der Waals surface area contributed by atoms with Gasteiger partial charge in [-0.15, -0.1) is 0 Å². The SMILES string of the molecule is CC1CCC(C(C)Oc2ncc(C(F)(F)F)cc2F)N(C(=O)c2c(F)cccc2-c2ncccn2)C1. The van der Waals surface area contributed by atoms with Crippen LogP contribution in [0.25, 0.3) is 11.4 Å². The Kier molecular flexibility index (Phi) is 7.18. The molecule has 3 atom stereocenters. The van der Waals surface area contributed by atoms with Gasteiger partial charge in [0.25, 0.3) is 11.8 Å². The molecule has 0 saturated carbocycles. The highest BCUT2D eigenvalue weighted by Gasteiger charge is 2.38. The third kappa shape index (κ3) is 5.29. The number of carbonyl (C=O) groups excluding carboxylic acids is 1. The van der Waals surface area contributed by atoms with Crippen LogP contribution in [0.15, 0.2) is 48.9 Å². The predicted molar refractivity (Wildman–Crippen MR) is 120 cm³/mol. The van der Waals surface area contributed by atoms with Crippen molar-refractivity contribution in [3.05, 3.63) is 71.7 Å². The number of benzene rings is 1. The summed E-state index contributed by atoms with van der Waals surface area (Å²) in [6.07, 6.45) is -0.963. The lowest BCUT2D eigenvalue weighted by Crippen LogP contribution is -2.52. The number of ether oxygens (including phenoxy) is 1. The Bertz CT molecular complexity index is 1240. The van der Waals surface area contributed by atoms with Gasteiger partial charge in [0.05, 0.1) is 17.2 Å². The van der Waals surface area contributed by atoms with Gasteiger partial charge in [-0.05, 0) is 43.9 Å². The second-order valence-electron chi connectivity index (χ2n) is 8.77. The van der Waals surface area contributed by atoms with Gasteiger partial charge in [-0.2, -0.15) is 13.2 Å². The van der Waals surface area contributed by atoms with Crippen LogP contribution in [-0.2, 0) is 6.18 Å². The first-order valence-electron chi connectivity index (χ1n) is 11.3. The number of rotatable bonds is 5. The largest absolute Gasteiger partial charge is 0.470 e. The smallest absolute Gasteiger partial charge is 0.417 e. The fourth-order valence-electron chi connectivity index (χ4n) is 4.33. The number of aromatic nitrogens is 3. The maximum absolute atomic E-state index is 15.0. The maximum Gasteiger partial charge on any atom is 0.417 e. The molecule has 3 heterocycles. The second-order valence-corrected chi connectivity index (χ2v) is 8.77. The predicted octanol–water partition coefficient (Wildman–Crippen LogP) is 5.54. The number of pyridine rings is 1. The topological polar surface area (TPSA) is 68.2 Å². The van der Waals surface area contributed by atoms with Crippen LogP contribution in [0.5, 0.6) is 5.88 Å². The summed E-state index contributed by atoms with van der Waals surface area (Å²) in [5.74, 6) is -2.94. The first-order chi connectivity index (χ1) is 17.1. The molecule has 2 aromatic heterocycles. The highest BCUT2D eigenvalue weighted by atomic mass is 19.4. The third-order valence-corrected chi connectivity index (χ3v) is 6.13. The molecule has 1 aliphatic heterocycles. The molecule has 11 heteroatoms. The van der Waals surface area contributed by atoms with Crippen LogP contribution in [0.4, 0.5) is 22.0 Å². The first-order valence-corrected chi connectivity index (χ1v) is 11.3. The quantitative estimate of drug-likeness (QED) is 0.425. The summed E-state index contributed by atoms with van der Waals surface area (Å²) >= 11 is 0. The van der Waals surface area contributed by atoms with Crippen molar-refractivity contribution in [2.24, 2.45) is 5.92 Å². The number of carbonyl (C=O) groups is 1. The molecule has 0 bridgehead atoms. The monoisotopic (exact) mass is 506 g/mol. The van der Waals surface area contributed by atoms with Crippen molar-refractivity contribution in [1.29, 1.82) is 0 Å². The summed E-state index contributed by atoms with van der Waals surface area (Å²) in [5.41, 5.74) is -1.21. The molecule has 190 valence electrons. The Morgan fingerprint density at radius 1 is 1.08 bits per heavy atom. The van der Waals surface area contributed by atoms with Crippen molar-refractivity contribution in [2.75, 3.05) is 6.54 Å². The Morgan fingerprint density at radius 3 is 2.47 bits per heavy atom. The number of nitrogens with zero attached hydrogens (tertiary/aromatic N) is 4. The van der Waals surface area contributed by atoms with Gasteiger partial charge in [-0.3, -0.25) is 4.79 Å². The van der Waals surface area contributed by atoms with E-state index in [1.54, 1.807) is 19.1 Å². The molecule has 1 fully saturated rings. The average molecular weight is 506 g/mol. The van der Waals surface area contributed by atoms with E-state index in [9.17, 15) is 22.4 Å². The van der Waals surface area contributed by atoms with Crippen LogP contribution < -0.4 is 4.74 Å². The lowest BCUT2D eigenvalue weighted by Gasteiger charge is -2.41. The van der Waals surface area contributed by atoms with Gasteiger partial charge in [0.15, 0.2) is 11.6 Å². The average Bonchev–Trinajstić information content (AvgIpc) is 2.84. The number of halogens is 5. The maximum atomic E-state index is 15.0. The van der Waals surface area contributed by atoms with Gasteiger partial charge in [0, 0.05) is 30.7 Å². The van der Waals surface area contributed by atoms with Crippen LogP contribution in [0.2, 0.25) is 0 Å². The van der Waals surface area contributed by atoms with Gasteiger partial charge in [-0.25, -0.2) is 23.7 Å². The van der Waals surface area contributed by atoms with E-state index in [1.807, 2.05) is 6.92 Å². The van der Waals surface area contributed by atoms with Gasteiger partial charge in [0.1, 0.15) is 11.9 Å². The van der Waals surface area contributed by atoms with Crippen molar-refractivity contribution in [3.8, 4) is 17.3 Å². The van der Waals surface area contributed by atoms with E-state index in [0.29, 0.717) is 18.7 Å². The van der Waals surface area contributed by atoms with E-state index in [0.717, 1.165) is 6.42 Å². The zero-order chi connectivity index (χ0) is 26.0. The van der Waals surface area contributed by atoms with E-state index in [1.165, 1.54) is 29.4 Å². The molecule has 0 spiro atoms. The minimum Gasteiger partial charge on any atom is -0.470 e. The van der Waals surface area contributed by atoms with Crippen molar-refractivity contribution in [1.82, 2.24) is 19.9 Å². The third-order valence-electron chi connectivity index (χ3n) is 6.13. The fourth-order valence-corrected chi connectivity index (χ4v) is 4.33. The lowest BCUT2D eigenvalue weighted by atomic mass is 9.90. The summed E-state index contributed by atoms with van der Waals surface area (Å²) in [7, 11) is 0. The highest BCUT2D eigenvalue weighted by Crippen LogP contribution is 2.33. The molecule has 36 heavy (non-hydrogen) atoms. The molecular formula is C25H23F5N4O2. The van der Waals surface area contributed by atoms with E-state index in [2.05, 4.69) is 15.0 Å². The number of piperidine rings is 1. The molecule has 0 aliphatic carbocycles. The van der Waals surface area contributed by atoms with Crippen LogP contribution in [0, 0.1) is 17.6 Å². The second kappa shape index (κ2) is 10.2. The Balaban J connectivity index is 1.64. The van der Waals surface area contributed by atoms with E-state index in [4.69, 9.17) is 4.74 Å². The van der Waals surface area contributed by atoms with Crippen molar-refractivity contribution >= 4 is 5.91 Å². The zero-order valence-corrected chi connectivity index (χ0v) is 19.5. The Hall–Kier alpha value is -3.63. The van der Waals surface area contributed by atoms with Crippen LogP contribution in [0.1, 0.15) is 42.6 Å². The molecule has 3 aromatic rings. The normalized spacial score (nSPS) is 19.1. The van der Waals surface area contributed by atoms with E-state index < -0.39 is 47.3 Å². The molecule has 6 nitrogen and oxygen atoms in total. The number of alkyl halides is 3. The van der Waals surface area contributed by atoms with Crippen molar-refractivity contribution in [3.63, 3.8) is 0 Å². The molecule has 1 aliphatic rings. The number of likely N-dealkylation sites (tertiary alicyclic amines) is 1. The van der Waals surface area contributed by atoms with E-state index in [-0.39, 0.29) is 29.4 Å². The molecule has 1 amide bonds. The number of hydrogen-bond donors (Lipinski definition) is 0. The Morgan fingerprint density at radius 2 is 1.81 bits per heavy atom. The molecule has 3 unspecified atom stereocenters. The highest BCUT2D eigenvalue weighted by molar-refractivity contribution is 6.00. The van der Waals surface area contributed by atoms with Gasteiger partial charge < -0.3 is 9.64 Å². The van der Waals surface area contributed by atoms with Crippen LogP contribution >= 0.6 is 0 Å². The minimum atomic E-state index is -4.75. The van der Waals surface area contributed by atoms with E-state index >= 15 is 4.39 Å². The molecule has 1 aromatic carbocycles. The van der Waals surface area contributed by atoms with Gasteiger partial charge >= 0.3 is 6.18 Å². The van der Waals surface area contributed by atoms with Crippen molar-refractivity contribution in [2.45, 2.75) is 45.0 Å². The summed E-state index contributed by atoms with van der Waals surface area (Å²) in [4.78, 5) is 26.9. The van der Waals surface area contributed by atoms with Crippen LogP contribution in [-0.4, -0.2) is 44.4 Å². The van der Waals surface area contributed by atoms with Gasteiger partial charge in [0.2, 0.25) is 0 Å². The molecule has 0 N–H and O–H groups in total. The summed E-state index contributed by atoms with van der Waals surface area (Å²) in [6.45, 7) is 3.80. The molecular weight excluding hydrogens is 483 g/mol. The summed E-state index contributed by atoms with van der Waals surface area (Å²) < 4.78 is 73.5. The minimum absolute atomic E-state index is 0.0986. The molecule has 0 radical (unpaired) electrons. The zero-order valence-electron chi connectivity index (χ0n) is 19.5. The summed E-state index contributed by atoms with van der Waals surface area (Å²) in [6, 6.07) is 5.48. The number of amides is 1.